The van der Waals surface area contributed by atoms with E-state index in [4.69, 9.17) is 16.1 Å². The van der Waals surface area contributed by atoms with Gasteiger partial charge in [-0.1, -0.05) is 35.0 Å². The molecule has 1 aromatic heterocycles. The van der Waals surface area contributed by atoms with Gasteiger partial charge in [-0.15, -0.1) is 0 Å². The summed E-state index contributed by atoms with van der Waals surface area (Å²) in [6.45, 7) is 1.72. The number of rotatable bonds is 3. The Morgan fingerprint density at radius 3 is 2.73 bits per heavy atom. The molecule has 110 valence electrons. The molecule has 1 amide bonds. The van der Waals surface area contributed by atoms with E-state index in [1.165, 1.54) is 0 Å². The molecule has 0 saturated heterocycles. The zero-order valence-electron chi connectivity index (χ0n) is 11.7. The van der Waals surface area contributed by atoms with Crippen LogP contribution >= 0.6 is 11.6 Å². The van der Waals surface area contributed by atoms with Crippen molar-refractivity contribution in [1.82, 2.24) is 10.1 Å². The first-order valence-electron chi connectivity index (χ1n) is 6.59. The highest BCUT2D eigenvalue weighted by molar-refractivity contribution is 6.31. The summed E-state index contributed by atoms with van der Waals surface area (Å²) >= 11 is 5.89. The molecule has 0 bridgehead atoms. The minimum absolute atomic E-state index is 0.232. The first-order valence-corrected chi connectivity index (χ1v) is 6.97. The van der Waals surface area contributed by atoms with Gasteiger partial charge in [0.2, 0.25) is 11.7 Å². The van der Waals surface area contributed by atoms with Crippen LogP contribution < -0.4 is 5.32 Å². The molecular weight excluding hydrogens is 302 g/mol. The molecule has 6 heteroatoms. The van der Waals surface area contributed by atoms with Crippen LogP contribution in [-0.2, 0) is 0 Å². The predicted molar refractivity (Wildman–Crippen MR) is 83.9 cm³/mol. The lowest BCUT2D eigenvalue weighted by atomic mass is 10.1. The highest BCUT2D eigenvalue weighted by atomic mass is 35.5. The van der Waals surface area contributed by atoms with E-state index in [1.54, 1.807) is 43.3 Å². The van der Waals surface area contributed by atoms with E-state index in [9.17, 15) is 4.79 Å². The Morgan fingerprint density at radius 2 is 2.00 bits per heavy atom. The van der Waals surface area contributed by atoms with Gasteiger partial charge in [0, 0.05) is 28.8 Å². The van der Waals surface area contributed by atoms with Crippen LogP contribution in [0, 0.1) is 6.92 Å². The number of benzene rings is 2. The lowest BCUT2D eigenvalue weighted by Gasteiger charge is -2.06. The SMILES string of the molecule is Cc1nc(-c2cccc(NC(=O)c3cccc(Cl)c3)c2)no1. The molecule has 0 saturated carbocycles. The van der Waals surface area contributed by atoms with Gasteiger partial charge in [0.05, 0.1) is 0 Å². The molecule has 0 unspecified atom stereocenters. The van der Waals surface area contributed by atoms with Crippen LogP contribution in [0.25, 0.3) is 11.4 Å². The van der Waals surface area contributed by atoms with Gasteiger partial charge in [0.1, 0.15) is 0 Å². The van der Waals surface area contributed by atoms with Crippen molar-refractivity contribution in [2.45, 2.75) is 6.92 Å². The van der Waals surface area contributed by atoms with Gasteiger partial charge < -0.3 is 9.84 Å². The number of nitrogens with one attached hydrogen (secondary N) is 1. The van der Waals surface area contributed by atoms with E-state index in [0.717, 1.165) is 5.56 Å². The molecule has 0 aliphatic rings. The van der Waals surface area contributed by atoms with E-state index in [2.05, 4.69) is 15.5 Å². The Bertz CT molecular complexity index is 830. The maximum atomic E-state index is 12.2. The molecule has 0 aliphatic heterocycles. The highest BCUT2D eigenvalue weighted by Crippen LogP contribution is 2.21. The molecule has 3 rings (SSSR count). The molecule has 22 heavy (non-hydrogen) atoms. The maximum Gasteiger partial charge on any atom is 0.255 e. The van der Waals surface area contributed by atoms with Crippen molar-refractivity contribution in [1.29, 1.82) is 0 Å². The average Bonchev–Trinajstić information content (AvgIpc) is 2.94. The van der Waals surface area contributed by atoms with Gasteiger partial charge in [-0.2, -0.15) is 4.98 Å². The zero-order valence-corrected chi connectivity index (χ0v) is 12.5. The molecule has 0 atom stereocenters. The summed E-state index contributed by atoms with van der Waals surface area (Å²) in [5.74, 6) is 0.740. The Hall–Kier alpha value is -2.66. The third kappa shape index (κ3) is 3.15. The Balaban J connectivity index is 1.82. The zero-order chi connectivity index (χ0) is 15.5. The molecule has 1 N–H and O–H groups in total. The van der Waals surface area contributed by atoms with E-state index in [0.29, 0.717) is 28.0 Å². The smallest absolute Gasteiger partial charge is 0.255 e. The minimum Gasteiger partial charge on any atom is -0.339 e. The summed E-state index contributed by atoms with van der Waals surface area (Å²) in [6.07, 6.45) is 0. The molecule has 0 radical (unpaired) electrons. The summed E-state index contributed by atoms with van der Waals surface area (Å²) in [4.78, 5) is 16.4. The van der Waals surface area contributed by atoms with Crippen LogP contribution in [0.1, 0.15) is 16.2 Å². The lowest BCUT2D eigenvalue weighted by molar-refractivity contribution is 0.102. The van der Waals surface area contributed by atoms with Gasteiger partial charge in [0.15, 0.2) is 0 Å². The van der Waals surface area contributed by atoms with Gasteiger partial charge in [-0.05, 0) is 30.3 Å². The Labute approximate surface area is 131 Å². The number of aryl methyl sites for hydroxylation is 1. The number of carbonyl (C=O) groups is 1. The van der Waals surface area contributed by atoms with Crippen LogP contribution in [-0.4, -0.2) is 16.0 Å². The van der Waals surface area contributed by atoms with Crippen molar-refractivity contribution in [3.05, 3.63) is 65.0 Å². The monoisotopic (exact) mass is 313 g/mol. The van der Waals surface area contributed by atoms with Crippen molar-refractivity contribution in [3.8, 4) is 11.4 Å². The number of nitrogens with zero attached hydrogens (tertiary/aromatic N) is 2. The van der Waals surface area contributed by atoms with Crippen molar-refractivity contribution in [2.75, 3.05) is 5.32 Å². The maximum absolute atomic E-state index is 12.2. The second kappa shape index (κ2) is 5.99. The van der Waals surface area contributed by atoms with Gasteiger partial charge >= 0.3 is 0 Å². The summed E-state index contributed by atoms with van der Waals surface area (Å²) in [5, 5.41) is 7.20. The van der Waals surface area contributed by atoms with Crippen molar-refractivity contribution >= 4 is 23.2 Å². The summed E-state index contributed by atoms with van der Waals surface area (Å²) < 4.78 is 4.96. The third-order valence-corrected chi connectivity index (χ3v) is 3.23. The first-order chi connectivity index (χ1) is 10.6. The average molecular weight is 314 g/mol. The lowest BCUT2D eigenvalue weighted by Crippen LogP contribution is -2.11. The topological polar surface area (TPSA) is 68.0 Å². The van der Waals surface area contributed by atoms with Gasteiger partial charge in [0.25, 0.3) is 5.91 Å². The molecular formula is C16H12ClN3O2. The molecule has 0 aliphatic carbocycles. The fourth-order valence-electron chi connectivity index (χ4n) is 1.99. The van der Waals surface area contributed by atoms with Crippen LogP contribution in [0.4, 0.5) is 5.69 Å². The second-order valence-electron chi connectivity index (χ2n) is 4.68. The fourth-order valence-corrected chi connectivity index (χ4v) is 2.18. The third-order valence-electron chi connectivity index (χ3n) is 2.99. The van der Waals surface area contributed by atoms with E-state index < -0.39 is 0 Å². The number of aromatic nitrogens is 2. The van der Waals surface area contributed by atoms with Crippen LogP contribution in [0.15, 0.2) is 53.1 Å². The van der Waals surface area contributed by atoms with Crippen LogP contribution in [0.2, 0.25) is 5.02 Å². The van der Waals surface area contributed by atoms with Crippen LogP contribution in [0.5, 0.6) is 0 Å². The minimum atomic E-state index is -0.232. The standard InChI is InChI=1S/C16H12ClN3O2/c1-10-18-15(20-22-10)11-4-3-7-14(9-11)19-16(21)12-5-2-6-13(17)8-12/h2-9H,1H3,(H,19,21). The van der Waals surface area contributed by atoms with E-state index >= 15 is 0 Å². The number of hydrogen-bond acceptors (Lipinski definition) is 4. The van der Waals surface area contributed by atoms with E-state index in [-0.39, 0.29) is 5.91 Å². The normalized spacial score (nSPS) is 10.5. The number of halogens is 1. The number of carbonyl (C=O) groups excluding carboxylic acids is 1. The first kappa shape index (κ1) is 14.3. The Kier molecular flexibility index (Phi) is 3.89. The highest BCUT2D eigenvalue weighted by Gasteiger charge is 2.09. The molecule has 5 nitrogen and oxygen atoms in total. The largest absolute Gasteiger partial charge is 0.339 e. The summed E-state index contributed by atoms with van der Waals surface area (Å²) in [7, 11) is 0. The molecule has 2 aromatic carbocycles. The van der Waals surface area contributed by atoms with Crippen molar-refractivity contribution in [2.24, 2.45) is 0 Å². The summed E-state index contributed by atoms with van der Waals surface area (Å²) in [5.41, 5.74) is 1.90. The molecule has 3 aromatic rings. The van der Waals surface area contributed by atoms with E-state index in [1.807, 2.05) is 12.1 Å². The second-order valence-corrected chi connectivity index (χ2v) is 5.12. The van der Waals surface area contributed by atoms with Crippen molar-refractivity contribution in [3.63, 3.8) is 0 Å². The number of amides is 1. The summed E-state index contributed by atoms with van der Waals surface area (Å²) in [6, 6.07) is 14.0. The van der Waals surface area contributed by atoms with Crippen LogP contribution in [0.3, 0.4) is 0 Å². The molecule has 1 heterocycles. The van der Waals surface area contributed by atoms with Gasteiger partial charge in [-0.3, -0.25) is 4.79 Å². The Morgan fingerprint density at radius 1 is 1.18 bits per heavy atom. The number of hydrogen-bond donors (Lipinski definition) is 1. The molecule has 0 fully saturated rings. The number of anilines is 1. The molecule has 0 spiro atoms. The van der Waals surface area contributed by atoms with Crippen molar-refractivity contribution < 1.29 is 9.32 Å². The predicted octanol–water partition coefficient (Wildman–Crippen LogP) is 3.95. The quantitative estimate of drug-likeness (QED) is 0.795. The fraction of sp³-hybridized carbons (Fsp3) is 0.0625. The van der Waals surface area contributed by atoms with Gasteiger partial charge in [-0.25, -0.2) is 0 Å².